The van der Waals surface area contributed by atoms with E-state index in [1.807, 2.05) is 60.7 Å². The van der Waals surface area contributed by atoms with Crippen LogP contribution in [0.5, 0.6) is 0 Å². The zero-order valence-corrected chi connectivity index (χ0v) is 11.8. The third-order valence-corrected chi connectivity index (χ3v) is 3.03. The molecule has 0 aliphatic carbocycles. The smallest absolute Gasteiger partial charge is 0.302 e. The minimum Gasteiger partial charge on any atom is -0.431 e. The van der Waals surface area contributed by atoms with E-state index < -0.39 is 0 Å². The van der Waals surface area contributed by atoms with Gasteiger partial charge in [0.1, 0.15) is 12.0 Å². The summed E-state index contributed by atoms with van der Waals surface area (Å²) in [5.41, 5.74) is 2.57. The Kier molecular flexibility index (Phi) is 4.11. The predicted molar refractivity (Wildman–Crippen MR) is 86.0 cm³/mol. The van der Waals surface area contributed by atoms with Crippen LogP contribution < -0.4 is 5.32 Å². The first kappa shape index (κ1) is 13.8. The Labute approximate surface area is 128 Å². The molecule has 2 aromatic carbocycles. The van der Waals surface area contributed by atoms with Gasteiger partial charge in [-0.3, -0.25) is 10.1 Å². The van der Waals surface area contributed by atoms with Crippen molar-refractivity contribution in [2.45, 2.75) is 0 Å². The SMILES string of the molecule is O=C(/C=C/c1ccccc1)Nc1nc(-c2ccccc2)co1. The van der Waals surface area contributed by atoms with Crippen LogP contribution in [0.1, 0.15) is 5.56 Å². The molecule has 108 valence electrons. The van der Waals surface area contributed by atoms with E-state index in [0.717, 1.165) is 11.1 Å². The van der Waals surface area contributed by atoms with Crippen LogP contribution in [0.15, 0.2) is 77.4 Å². The summed E-state index contributed by atoms with van der Waals surface area (Å²) in [4.78, 5) is 16.1. The molecule has 0 bridgehead atoms. The molecule has 22 heavy (non-hydrogen) atoms. The monoisotopic (exact) mass is 290 g/mol. The molecular formula is C18H14N2O2. The van der Waals surface area contributed by atoms with E-state index in [1.165, 1.54) is 12.3 Å². The third-order valence-electron chi connectivity index (χ3n) is 3.03. The molecule has 4 heteroatoms. The first-order chi connectivity index (χ1) is 10.8. The van der Waals surface area contributed by atoms with E-state index in [1.54, 1.807) is 6.08 Å². The summed E-state index contributed by atoms with van der Waals surface area (Å²) in [6.07, 6.45) is 4.70. The van der Waals surface area contributed by atoms with Crippen molar-refractivity contribution in [1.29, 1.82) is 0 Å². The van der Waals surface area contributed by atoms with Gasteiger partial charge in [-0.1, -0.05) is 60.7 Å². The molecule has 0 saturated carbocycles. The van der Waals surface area contributed by atoms with Crippen LogP contribution in [-0.2, 0) is 4.79 Å². The average molecular weight is 290 g/mol. The molecular weight excluding hydrogens is 276 g/mol. The van der Waals surface area contributed by atoms with Crippen LogP contribution in [0.4, 0.5) is 6.01 Å². The molecule has 0 aliphatic heterocycles. The fourth-order valence-electron chi connectivity index (χ4n) is 1.96. The molecule has 0 radical (unpaired) electrons. The summed E-state index contributed by atoms with van der Waals surface area (Å²) in [6.45, 7) is 0. The highest BCUT2D eigenvalue weighted by atomic mass is 16.4. The quantitative estimate of drug-likeness (QED) is 0.739. The van der Waals surface area contributed by atoms with Gasteiger partial charge in [0.05, 0.1) is 0 Å². The summed E-state index contributed by atoms with van der Waals surface area (Å²) >= 11 is 0. The van der Waals surface area contributed by atoms with Gasteiger partial charge in [0, 0.05) is 11.6 Å². The molecule has 1 amide bonds. The molecule has 0 spiro atoms. The number of rotatable bonds is 4. The molecule has 0 saturated heterocycles. The maximum atomic E-state index is 11.8. The van der Waals surface area contributed by atoms with Crippen molar-refractivity contribution in [3.05, 3.63) is 78.6 Å². The van der Waals surface area contributed by atoms with E-state index in [-0.39, 0.29) is 11.9 Å². The van der Waals surface area contributed by atoms with E-state index in [9.17, 15) is 4.79 Å². The summed E-state index contributed by atoms with van der Waals surface area (Å²) in [6, 6.07) is 19.4. The summed E-state index contributed by atoms with van der Waals surface area (Å²) < 4.78 is 5.26. The zero-order valence-electron chi connectivity index (χ0n) is 11.8. The van der Waals surface area contributed by atoms with Gasteiger partial charge in [0.15, 0.2) is 0 Å². The van der Waals surface area contributed by atoms with Crippen molar-refractivity contribution < 1.29 is 9.21 Å². The van der Waals surface area contributed by atoms with Gasteiger partial charge in [-0.05, 0) is 11.6 Å². The highest BCUT2D eigenvalue weighted by Gasteiger charge is 2.07. The van der Waals surface area contributed by atoms with Gasteiger partial charge in [0.2, 0.25) is 0 Å². The Hall–Kier alpha value is -3.14. The van der Waals surface area contributed by atoms with Gasteiger partial charge < -0.3 is 4.42 Å². The van der Waals surface area contributed by atoms with Crippen LogP contribution in [0.2, 0.25) is 0 Å². The number of oxazole rings is 1. The summed E-state index contributed by atoms with van der Waals surface area (Å²) in [5, 5.41) is 2.60. The van der Waals surface area contributed by atoms with Crippen molar-refractivity contribution in [3.63, 3.8) is 0 Å². The lowest BCUT2D eigenvalue weighted by Crippen LogP contribution is -2.07. The predicted octanol–water partition coefficient (Wildman–Crippen LogP) is 3.99. The number of carbonyl (C=O) groups excluding carboxylic acids is 1. The topological polar surface area (TPSA) is 55.1 Å². The molecule has 1 aromatic heterocycles. The number of aromatic nitrogens is 1. The van der Waals surface area contributed by atoms with Crippen LogP contribution in [0.25, 0.3) is 17.3 Å². The van der Waals surface area contributed by atoms with Gasteiger partial charge in [0.25, 0.3) is 5.91 Å². The van der Waals surface area contributed by atoms with Crippen molar-refractivity contribution in [3.8, 4) is 11.3 Å². The Bertz CT molecular complexity index is 777. The van der Waals surface area contributed by atoms with Gasteiger partial charge in [-0.25, -0.2) is 0 Å². The summed E-state index contributed by atoms with van der Waals surface area (Å²) in [5.74, 6) is -0.287. The first-order valence-corrected chi connectivity index (χ1v) is 6.86. The molecule has 1 N–H and O–H groups in total. The van der Waals surface area contributed by atoms with E-state index in [2.05, 4.69) is 10.3 Å². The van der Waals surface area contributed by atoms with E-state index in [4.69, 9.17) is 4.42 Å². The third kappa shape index (κ3) is 3.49. The second kappa shape index (κ2) is 6.54. The largest absolute Gasteiger partial charge is 0.431 e. The van der Waals surface area contributed by atoms with E-state index >= 15 is 0 Å². The van der Waals surface area contributed by atoms with Crippen molar-refractivity contribution in [1.82, 2.24) is 4.98 Å². The minimum atomic E-state index is -0.287. The number of benzene rings is 2. The summed E-state index contributed by atoms with van der Waals surface area (Å²) in [7, 11) is 0. The Morgan fingerprint density at radius 2 is 1.68 bits per heavy atom. The van der Waals surface area contributed by atoms with E-state index in [0.29, 0.717) is 5.69 Å². The fourth-order valence-corrected chi connectivity index (χ4v) is 1.96. The molecule has 3 aromatic rings. The lowest BCUT2D eigenvalue weighted by Gasteiger charge is -1.95. The molecule has 0 unspecified atom stereocenters. The van der Waals surface area contributed by atoms with Crippen molar-refractivity contribution in [2.24, 2.45) is 0 Å². The van der Waals surface area contributed by atoms with Crippen LogP contribution in [0, 0.1) is 0 Å². The number of hydrogen-bond donors (Lipinski definition) is 1. The maximum Gasteiger partial charge on any atom is 0.302 e. The number of nitrogens with zero attached hydrogens (tertiary/aromatic N) is 1. The van der Waals surface area contributed by atoms with Gasteiger partial charge >= 0.3 is 6.01 Å². The van der Waals surface area contributed by atoms with Crippen LogP contribution >= 0.6 is 0 Å². The standard InChI is InChI=1S/C18H14N2O2/c21-17(12-11-14-7-3-1-4-8-14)20-18-19-16(13-22-18)15-9-5-2-6-10-15/h1-13H,(H,19,20,21)/b12-11+. The molecule has 0 fully saturated rings. The first-order valence-electron chi connectivity index (χ1n) is 6.86. The highest BCUT2D eigenvalue weighted by Crippen LogP contribution is 2.20. The second-order valence-electron chi connectivity index (χ2n) is 4.64. The molecule has 3 rings (SSSR count). The number of carbonyl (C=O) groups is 1. The highest BCUT2D eigenvalue weighted by molar-refractivity contribution is 6.00. The van der Waals surface area contributed by atoms with Crippen LogP contribution in [0.3, 0.4) is 0 Å². The lowest BCUT2D eigenvalue weighted by atomic mass is 10.2. The number of anilines is 1. The van der Waals surface area contributed by atoms with Gasteiger partial charge in [-0.15, -0.1) is 0 Å². The zero-order chi connectivity index (χ0) is 15.2. The Morgan fingerprint density at radius 3 is 2.41 bits per heavy atom. The average Bonchev–Trinajstić information content (AvgIpc) is 3.03. The van der Waals surface area contributed by atoms with Crippen molar-refractivity contribution in [2.75, 3.05) is 5.32 Å². The fraction of sp³-hybridized carbons (Fsp3) is 0. The molecule has 4 nitrogen and oxygen atoms in total. The Morgan fingerprint density at radius 1 is 1.00 bits per heavy atom. The molecule has 0 atom stereocenters. The Balaban J connectivity index is 1.65. The minimum absolute atomic E-state index is 0.182. The number of amides is 1. The van der Waals surface area contributed by atoms with Crippen LogP contribution in [-0.4, -0.2) is 10.9 Å². The second-order valence-corrected chi connectivity index (χ2v) is 4.64. The molecule has 0 aliphatic rings. The maximum absolute atomic E-state index is 11.8. The van der Waals surface area contributed by atoms with Gasteiger partial charge in [-0.2, -0.15) is 4.98 Å². The molecule has 1 heterocycles. The normalized spacial score (nSPS) is 10.7. The lowest BCUT2D eigenvalue weighted by molar-refractivity contribution is -0.112. The number of hydrogen-bond acceptors (Lipinski definition) is 3. The number of nitrogens with one attached hydrogen (secondary N) is 1. The van der Waals surface area contributed by atoms with Crippen molar-refractivity contribution >= 4 is 18.0 Å².